The average Bonchev–Trinajstić information content (AvgIpc) is 2.50. The molecule has 1 saturated heterocycles. The van der Waals surface area contributed by atoms with E-state index in [0.29, 0.717) is 5.56 Å². The molecule has 1 aliphatic rings. The molecule has 1 aromatic rings. The molecule has 0 spiro atoms. The summed E-state index contributed by atoms with van der Waals surface area (Å²) in [4.78, 5) is 22.2. The molecule has 9 heteroatoms. The molecule has 0 saturated carbocycles. The van der Waals surface area contributed by atoms with Crippen LogP contribution in [0.1, 0.15) is 10.4 Å². The van der Waals surface area contributed by atoms with Crippen LogP contribution in [-0.2, 0) is 0 Å². The minimum atomic E-state index is -0.680. The first-order chi connectivity index (χ1) is 10.5. The van der Waals surface area contributed by atoms with E-state index in [2.05, 4.69) is 16.0 Å². The van der Waals surface area contributed by atoms with Gasteiger partial charge in [-0.15, -0.1) is 0 Å². The highest BCUT2D eigenvalue weighted by Crippen LogP contribution is 2.07. The van der Waals surface area contributed by atoms with Crippen molar-refractivity contribution in [1.29, 1.82) is 0 Å². The van der Waals surface area contributed by atoms with E-state index >= 15 is 0 Å². The molecule has 1 amide bonds. The molecule has 0 aliphatic carbocycles. The zero-order valence-electron chi connectivity index (χ0n) is 11.4. The second-order valence-corrected chi connectivity index (χ2v) is 4.95. The van der Waals surface area contributed by atoms with Crippen LogP contribution in [0.25, 0.3) is 0 Å². The molecule has 116 valence electrons. The largest absolute Gasteiger partial charge is 0.389 e. The van der Waals surface area contributed by atoms with Crippen LogP contribution in [0.5, 0.6) is 0 Å². The van der Waals surface area contributed by atoms with Crippen molar-refractivity contribution in [1.82, 2.24) is 16.0 Å². The van der Waals surface area contributed by atoms with Gasteiger partial charge in [-0.1, -0.05) is 30.4 Å². The van der Waals surface area contributed by atoms with Gasteiger partial charge in [0.05, 0.1) is 11.0 Å². The van der Waals surface area contributed by atoms with Gasteiger partial charge >= 0.3 is 5.70 Å². The van der Waals surface area contributed by atoms with Crippen molar-refractivity contribution in [3.8, 4) is 0 Å². The Kier molecular flexibility index (Phi) is 5.02. The van der Waals surface area contributed by atoms with Crippen LogP contribution in [0.3, 0.4) is 0 Å². The van der Waals surface area contributed by atoms with Crippen LogP contribution in [0, 0.1) is 10.1 Å². The van der Waals surface area contributed by atoms with Gasteiger partial charge in [-0.25, -0.2) is 0 Å². The van der Waals surface area contributed by atoms with Gasteiger partial charge in [0.1, 0.15) is 0 Å². The maximum absolute atomic E-state index is 12.0. The fourth-order valence-electron chi connectivity index (χ4n) is 1.85. The Bertz CT molecular complexity index is 622. The van der Waals surface area contributed by atoms with Gasteiger partial charge < -0.3 is 21.1 Å². The number of nitrogens with one attached hydrogen (secondary N) is 3. The van der Waals surface area contributed by atoms with E-state index in [9.17, 15) is 20.0 Å². The third kappa shape index (κ3) is 3.77. The quantitative estimate of drug-likeness (QED) is 0.262. The van der Waals surface area contributed by atoms with Crippen LogP contribution >= 0.6 is 12.2 Å². The first-order valence-electron chi connectivity index (χ1n) is 6.44. The summed E-state index contributed by atoms with van der Waals surface area (Å²) in [5.74, 6) is -0.449. The highest BCUT2D eigenvalue weighted by Gasteiger charge is 2.28. The minimum Gasteiger partial charge on any atom is -0.389 e. The molecule has 1 aliphatic heterocycles. The van der Waals surface area contributed by atoms with E-state index in [1.807, 2.05) is 0 Å². The summed E-state index contributed by atoms with van der Waals surface area (Å²) in [5.41, 5.74) is -0.0938. The molecular weight excluding hydrogens is 308 g/mol. The first kappa shape index (κ1) is 15.9. The molecule has 0 radical (unpaired) electrons. The summed E-state index contributed by atoms with van der Waals surface area (Å²) < 4.78 is 0. The Balaban J connectivity index is 2.16. The summed E-state index contributed by atoms with van der Waals surface area (Å²) in [6.07, 6.45) is -0.649. The highest BCUT2D eigenvalue weighted by molar-refractivity contribution is 7.80. The summed E-state index contributed by atoms with van der Waals surface area (Å²) in [7, 11) is 0. The average molecular weight is 322 g/mol. The highest BCUT2D eigenvalue weighted by atomic mass is 32.1. The summed E-state index contributed by atoms with van der Waals surface area (Å²) in [6.45, 7) is 0.323. The smallest absolute Gasteiger partial charge is 0.343 e. The molecule has 4 N–H and O–H groups in total. The maximum atomic E-state index is 12.0. The maximum Gasteiger partial charge on any atom is 0.343 e. The van der Waals surface area contributed by atoms with Crippen molar-refractivity contribution in [2.45, 2.75) is 6.10 Å². The van der Waals surface area contributed by atoms with Crippen molar-refractivity contribution >= 4 is 23.1 Å². The molecule has 0 unspecified atom stereocenters. The van der Waals surface area contributed by atoms with Gasteiger partial charge in [0.25, 0.3) is 5.91 Å². The summed E-state index contributed by atoms with van der Waals surface area (Å²) >= 11 is 4.96. The third-order valence-electron chi connectivity index (χ3n) is 2.93. The number of nitro groups is 1. The molecule has 0 aromatic heterocycles. The van der Waals surface area contributed by atoms with E-state index in [4.69, 9.17) is 12.2 Å². The van der Waals surface area contributed by atoms with Gasteiger partial charge in [0, 0.05) is 18.7 Å². The Labute approximate surface area is 131 Å². The van der Waals surface area contributed by atoms with E-state index in [1.54, 1.807) is 30.3 Å². The molecule has 1 fully saturated rings. The molecule has 2 rings (SSSR count). The lowest BCUT2D eigenvalue weighted by Gasteiger charge is -2.23. The number of hydrogen-bond acceptors (Lipinski definition) is 7. The van der Waals surface area contributed by atoms with Crippen LogP contribution < -0.4 is 16.0 Å². The number of β-amino-alcohol motifs (C(OH)–C–C–N with tert-alkyl or cyclic N) is 1. The van der Waals surface area contributed by atoms with Gasteiger partial charge in [0.2, 0.25) is 0 Å². The van der Waals surface area contributed by atoms with E-state index < -0.39 is 22.6 Å². The normalized spacial score (nSPS) is 17.0. The number of hydrogen-bond donors (Lipinski definition) is 4. The number of carbonyl (C=O) groups excluding carboxylic acids is 1. The third-order valence-corrected chi connectivity index (χ3v) is 3.22. The van der Waals surface area contributed by atoms with Crippen molar-refractivity contribution in [3.63, 3.8) is 0 Å². The Morgan fingerprint density at radius 3 is 2.45 bits per heavy atom. The first-order valence-corrected chi connectivity index (χ1v) is 6.85. The van der Waals surface area contributed by atoms with Crippen LogP contribution in [0.4, 0.5) is 0 Å². The molecule has 22 heavy (non-hydrogen) atoms. The molecule has 0 atom stereocenters. The summed E-state index contributed by atoms with van der Waals surface area (Å²) in [6, 6.07) is 8.25. The molecule has 1 heterocycles. The van der Waals surface area contributed by atoms with Crippen molar-refractivity contribution < 1.29 is 14.8 Å². The number of aliphatic hydroxyl groups is 1. The monoisotopic (exact) mass is 322 g/mol. The lowest BCUT2D eigenvalue weighted by Crippen LogP contribution is -2.48. The summed E-state index contributed by atoms with van der Waals surface area (Å²) in [5, 5.41) is 28.3. The fraction of sp³-hybridized carbons (Fsp3) is 0.231. The Morgan fingerprint density at radius 2 is 1.91 bits per heavy atom. The standard InChI is InChI=1S/C13H14N4O4S/c18-9-6-14-11(15-7-9)10(17(20)21)13(22)16-12(19)8-4-2-1-3-5-8/h1-5,9,14-15,18H,6-7H2,(H,16,19,22). The zero-order chi connectivity index (χ0) is 16.1. The number of rotatable bonds is 3. The van der Waals surface area contributed by atoms with Crippen LogP contribution in [0.2, 0.25) is 0 Å². The predicted molar refractivity (Wildman–Crippen MR) is 82.5 cm³/mol. The molecule has 8 nitrogen and oxygen atoms in total. The van der Waals surface area contributed by atoms with E-state index in [0.717, 1.165) is 0 Å². The van der Waals surface area contributed by atoms with Gasteiger partial charge in [-0.2, -0.15) is 0 Å². The number of carbonyl (C=O) groups is 1. The number of thiocarbonyl (C=S) groups is 1. The molecule has 0 bridgehead atoms. The van der Waals surface area contributed by atoms with Crippen molar-refractivity contribution in [2.75, 3.05) is 13.1 Å². The molecular formula is C13H14N4O4S. The number of aliphatic hydroxyl groups excluding tert-OH is 1. The predicted octanol–water partition coefficient (Wildman–Crippen LogP) is -0.257. The Hall–Kier alpha value is -2.52. The van der Waals surface area contributed by atoms with Crippen molar-refractivity contribution in [2.24, 2.45) is 0 Å². The van der Waals surface area contributed by atoms with Gasteiger partial charge in [-0.05, 0) is 12.1 Å². The zero-order valence-corrected chi connectivity index (χ0v) is 12.2. The second-order valence-electron chi connectivity index (χ2n) is 4.55. The minimum absolute atomic E-state index is 0.0775. The topological polar surface area (TPSA) is 117 Å². The van der Waals surface area contributed by atoms with Crippen LogP contribution in [0.15, 0.2) is 41.8 Å². The number of amides is 1. The molecule has 1 aromatic carbocycles. The Morgan fingerprint density at radius 1 is 1.32 bits per heavy atom. The van der Waals surface area contributed by atoms with Gasteiger partial charge in [-0.3, -0.25) is 14.9 Å². The van der Waals surface area contributed by atoms with E-state index in [-0.39, 0.29) is 23.9 Å². The fourth-order valence-corrected chi connectivity index (χ4v) is 2.12. The lowest BCUT2D eigenvalue weighted by molar-refractivity contribution is -0.416. The number of benzene rings is 1. The van der Waals surface area contributed by atoms with Crippen molar-refractivity contribution in [3.05, 3.63) is 57.5 Å². The van der Waals surface area contributed by atoms with Crippen LogP contribution in [-0.4, -0.2) is 40.1 Å². The van der Waals surface area contributed by atoms with Gasteiger partial charge in [0.15, 0.2) is 10.8 Å². The SMILES string of the molecule is O=C(NC(=S)C(=C1NCC(O)CN1)[N+](=O)[O-])c1ccccc1. The van der Waals surface area contributed by atoms with E-state index in [1.165, 1.54) is 0 Å². The lowest BCUT2D eigenvalue weighted by atomic mass is 10.2. The second kappa shape index (κ2) is 6.96. The number of nitrogens with zero attached hydrogens (tertiary/aromatic N) is 1.